The number of nitrogens with zero attached hydrogens (tertiary/aromatic N) is 2. The molecule has 0 radical (unpaired) electrons. The van der Waals surface area contributed by atoms with Crippen molar-refractivity contribution in [2.75, 3.05) is 56.5 Å². The predicted octanol–water partition coefficient (Wildman–Crippen LogP) is 5.20. The number of nitrogens with one attached hydrogen (secondary N) is 4. The number of hydrazine groups is 1. The van der Waals surface area contributed by atoms with Gasteiger partial charge in [0, 0.05) is 42.7 Å². The third-order valence-corrected chi connectivity index (χ3v) is 8.70. The molecule has 0 unspecified atom stereocenters. The first-order valence-electron chi connectivity index (χ1n) is 15.4. The Bertz CT molecular complexity index is 1830. The zero-order valence-corrected chi connectivity index (χ0v) is 27.3. The zero-order chi connectivity index (χ0) is 33.9. The van der Waals surface area contributed by atoms with Gasteiger partial charge in [0.25, 0.3) is 0 Å². The van der Waals surface area contributed by atoms with Crippen molar-refractivity contribution in [1.29, 1.82) is 5.41 Å². The number of carbonyl (C=O) groups is 2. The van der Waals surface area contributed by atoms with E-state index < -0.39 is 22.0 Å². The number of anilines is 2. The first-order chi connectivity index (χ1) is 23.2. The minimum atomic E-state index is -3.43. The van der Waals surface area contributed by atoms with Crippen molar-refractivity contribution < 1.29 is 27.5 Å². The van der Waals surface area contributed by atoms with E-state index in [1.54, 1.807) is 72.8 Å². The van der Waals surface area contributed by atoms with E-state index in [4.69, 9.17) is 14.9 Å². The van der Waals surface area contributed by atoms with E-state index in [1.807, 2.05) is 30.3 Å². The number of amidine groups is 1. The van der Waals surface area contributed by atoms with E-state index >= 15 is 0 Å². The molecule has 250 valence electrons. The molecule has 12 nitrogen and oxygen atoms in total. The SMILES string of the molecule is CS(=O)(=O)c1ccccc1-c1ccc(NC(=O)N(Cc2ccccc2)Nc2cccc(C(=N)NC(=O)OCCN3CCOCC3)c2)cc1. The van der Waals surface area contributed by atoms with Gasteiger partial charge in [-0.1, -0.05) is 72.8 Å². The highest BCUT2D eigenvalue weighted by Crippen LogP contribution is 2.28. The number of morpholine rings is 1. The van der Waals surface area contributed by atoms with Crippen LogP contribution in [-0.2, 0) is 25.9 Å². The third kappa shape index (κ3) is 9.64. The van der Waals surface area contributed by atoms with Gasteiger partial charge in [0.2, 0.25) is 0 Å². The van der Waals surface area contributed by atoms with Crippen LogP contribution in [0.2, 0.25) is 0 Å². The molecule has 0 aromatic heterocycles. The van der Waals surface area contributed by atoms with Crippen LogP contribution in [0.25, 0.3) is 11.1 Å². The van der Waals surface area contributed by atoms with Gasteiger partial charge in [0.15, 0.2) is 9.84 Å². The molecular weight excluding hydrogens is 632 g/mol. The maximum Gasteiger partial charge on any atom is 0.412 e. The van der Waals surface area contributed by atoms with E-state index in [2.05, 4.69) is 21.0 Å². The van der Waals surface area contributed by atoms with Gasteiger partial charge in [-0.2, -0.15) is 0 Å². The molecule has 4 aromatic rings. The summed E-state index contributed by atoms with van der Waals surface area (Å²) in [5, 5.41) is 15.2. The van der Waals surface area contributed by atoms with Crippen LogP contribution >= 0.6 is 0 Å². The summed E-state index contributed by atoms with van der Waals surface area (Å²) in [5.74, 6) is -0.147. The quantitative estimate of drug-likeness (QED) is 0.0965. The second-order valence-corrected chi connectivity index (χ2v) is 13.1. The summed E-state index contributed by atoms with van der Waals surface area (Å²) in [6, 6.07) is 29.5. The highest BCUT2D eigenvalue weighted by atomic mass is 32.2. The molecule has 0 saturated carbocycles. The maximum absolute atomic E-state index is 13.6. The standard InChI is InChI=1S/C35H38N6O6S/c1-48(44,45)32-13-6-5-12-31(32)27-14-16-29(17-15-27)37-34(42)41(25-26-8-3-2-4-9-26)39-30-11-7-10-28(24-30)33(36)38-35(43)47-23-20-40-18-21-46-22-19-40/h2-17,24,39H,18-23,25H2,1H3,(H,37,42)(H2,36,38,43). The average molecular weight is 671 g/mol. The molecule has 1 heterocycles. The summed E-state index contributed by atoms with van der Waals surface area (Å²) < 4.78 is 35.2. The normalized spacial score (nSPS) is 13.3. The van der Waals surface area contributed by atoms with Crippen LogP contribution in [0.5, 0.6) is 0 Å². The number of ether oxygens (including phenoxy) is 2. The number of urea groups is 1. The number of hydrogen-bond donors (Lipinski definition) is 4. The summed E-state index contributed by atoms with van der Waals surface area (Å²) in [6.07, 6.45) is 0.453. The van der Waals surface area contributed by atoms with Gasteiger partial charge >= 0.3 is 12.1 Å². The summed E-state index contributed by atoms with van der Waals surface area (Å²) >= 11 is 0. The van der Waals surface area contributed by atoms with Crippen molar-refractivity contribution in [2.24, 2.45) is 0 Å². The summed E-state index contributed by atoms with van der Waals surface area (Å²) in [6.45, 7) is 3.88. The molecule has 4 aromatic carbocycles. The van der Waals surface area contributed by atoms with Crippen LogP contribution in [0.4, 0.5) is 21.0 Å². The van der Waals surface area contributed by atoms with Crippen LogP contribution in [0.3, 0.4) is 0 Å². The van der Waals surface area contributed by atoms with Gasteiger partial charge in [0.1, 0.15) is 12.4 Å². The molecule has 0 aliphatic carbocycles. The highest BCUT2D eigenvalue weighted by Gasteiger charge is 2.18. The first-order valence-corrected chi connectivity index (χ1v) is 17.3. The Hall–Kier alpha value is -5.24. The van der Waals surface area contributed by atoms with E-state index in [0.717, 1.165) is 18.7 Å². The molecule has 3 amide bonds. The summed E-state index contributed by atoms with van der Waals surface area (Å²) in [5.41, 5.74) is 6.70. The fourth-order valence-electron chi connectivity index (χ4n) is 5.08. The smallest absolute Gasteiger partial charge is 0.412 e. The number of amides is 3. The minimum absolute atomic E-state index is 0.147. The second kappa shape index (κ2) is 16.0. The molecule has 0 bridgehead atoms. The molecule has 0 atom stereocenters. The van der Waals surface area contributed by atoms with Gasteiger partial charge < -0.3 is 14.8 Å². The number of sulfone groups is 1. The molecule has 1 saturated heterocycles. The molecular formula is C35H38N6O6S. The number of hydrogen-bond acceptors (Lipinski definition) is 9. The van der Waals surface area contributed by atoms with Crippen molar-refractivity contribution >= 4 is 39.2 Å². The van der Waals surface area contributed by atoms with E-state index in [-0.39, 0.29) is 23.9 Å². The molecule has 4 N–H and O–H groups in total. The Morgan fingerprint density at radius 3 is 2.33 bits per heavy atom. The number of carbonyl (C=O) groups excluding carboxylic acids is 2. The Balaban J connectivity index is 1.24. The second-order valence-electron chi connectivity index (χ2n) is 11.1. The van der Waals surface area contributed by atoms with E-state index in [9.17, 15) is 18.0 Å². The van der Waals surface area contributed by atoms with E-state index in [1.165, 1.54) is 11.3 Å². The van der Waals surface area contributed by atoms with Crippen molar-refractivity contribution in [3.8, 4) is 11.1 Å². The lowest BCUT2D eigenvalue weighted by Gasteiger charge is -2.26. The Morgan fingerprint density at radius 1 is 0.896 bits per heavy atom. The fraction of sp³-hybridized carbons (Fsp3) is 0.229. The molecule has 1 aliphatic heterocycles. The largest absolute Gasteiger partial charge is 0.448 e. The first kappa shape index (κ1) is 34.1. The predicted molar refractivity (Wildman–Crippen MR) is 185 cm³/mol. The lowest BCUT2D eigenvalue weighted by molar-refractivity contribution is 0.0284. The van der Waals surface area contributed by atoms with Gasteiger partial charge in [-0.3, -0.25) is 21.1 Å². The molecule has 0 spiro atoms. The van der Waals surface area contributed by atoms with E-state index in [0.29, 0.717) is 47.8 Å². The van der Waals surface area contributed by atoms with Crippen molar-refractivity contribution in [3.63, 3.8) is 0 Å². The minimum Gasteiger partial charge on any atom is -0.448 e. The number of rotatable bonds is 11. The fourth-order valence-corrected chi connectivity index (χ4v) is 5.99. The van der Waals surface area contributed by atoms with Crippen LogP contribution in [-0.4, -0.2) is 82.0 Å². The Morgan fingerprint density at radius 2 is 1.60 bits per heavy atom. The molecule has 48 heavy (non-hydrogen) atoms. The number of alkyl carbamates (subject to hydrolysis) is 1. The Kier molecular flexibility index (Phi) is 11.4. The van der Waals surface area contributed by atoms with Gasteiger partial charge in [-0.25, -0.2) is 23.0 Å². The number of benzene rings is 4. The van der Waals surface area contributed by atoms with Gasteiger partial charge in [0.05, 0.1) is 30.3 Å². The van der Waals surface area contributed by atoms with Crippen molar-refractivity contribution in [2.45, 2.75) is 11.4 Å². The Labute approximate surface area is 280 Å². The van der Waals surface area contributed by atoms with Crippen LogP contribution < -0.4 is 16.1 Å². The lowest BCUT2D eigenvalue weighted by Crippen LogP contribution is -2.39. The average Bonchev–Trinajstić information content (AvgIpc) is 3.09. The van der Waals surface area contributed by atoms with Crippen LogP contribution in [0, 0.1) is 5.41 Å². The molecule has 1 aliphatic rings. The van der Waals surface area contributed by atoms with Crippen LogP contribution in [0.1, 0.15) is 11.1 Å². The summed E-state index contributed by atoms with van der Waals surface area (Å²) in [4.78, 5) is 28.3. The maximum atomic E-state index is 13.6. The third-order valence-electron chi connectivity index (χ3n) is 7.55. The van der Waals surface area contributed by atoms with Crippen molar-refractivity contribution in [1.82, 2.24) is 15.2 Å². The summed E-state index contributed by atoms with van der Waals surface area (Å²) in [7, 11) is -3.43. The molecule has 13 heteroatoms. The monoisotopic (exact) mass is 670 g/mol. The topological polar surface area (TPSA) is 153 Å². The highest BCUT2D eigenvalue weighted by molar-refractivity contribution is 7.90. The van der Waals surface area contributed by atoms with Crippen LogP contribution in [0.15, 0.2) is 108 Å². The molecule has 1 fully saturated rings. The lowest BCUT2D eigenvalue weighted by atomic mass is 10.1. The zero-order valence-electron chi connectivity index (χ0n) is 26.5. The molecule has 5 rings (SSSR count). The van der Waals surface area contributed by atoms with Gasteiger partial charge in [-0.15, -0.1) is 0 Å². The van der Waals surface area contributed by atoms with Crippen molar-refractivity contribution in [3.05, 3.63) is 114 Å². The van der Waals surface area contributed by atoms with Gasteiger partial charge in [-0.05, 0) is 41.5 Å².